The van der Waals surface area contributed by atoms with Gasteiger partial charge in [-0.25, -0.2) is 0 Å². The topological polar surface area (TPSA) is 30.2 Å². The first-order chi connectivity index (χ1) is 8.32. The number of allylic oxidation sites excluding steroid dienone is 1. The lowest BCUT2D eigenvalue weighted by molar-refractivity contribution is -0.133. The minimum absolute atomic E-state index is 0.155. The Bertz CT molecular complexity index is 453. The van der Waals surface area contributed by atoms with Crippen molar-refractivity contribution in [3.8, 4) is 0 Å². The van der Waals surface area contributed by atoms with Crippen LogP contribution in [0.1, 0.15) is 52.2 Å². The van der Waals surface area contributed by atoms with Crippen LogP contribution >= 0.6 is 0 Å². The van der Waals surface area contributed by atoms with E-state index in [0.29, 0.717) is 18.6 Å². The van der Waals surface area contributed by atoms with Crippen molar-refractivity contribution in [3.63, 3.8) is 0 Å². The average molecular weight is 246 g/mol. The van der Waals surface area contributed by atoms with Crippen LogP contribution in [0.3, 0.4) is 0 Å². The van der Waals surface area contributed by atoms with Crippen LogP contribution in [-0.4, -0.2) is 5.78 Å². The second-order valence-electron chi connectivity index (χ2n) is 6.58. The van der Waals surface area contributed by atoms with Crippen molar-refractivity contribution >= 4 is 11.4 Å². The van der Waals surface area contributed by atoms with E-state index in [9.17, 15) is 4.79 Å². The first kappa shape index (κ1) is 13.1. The molecule has 1 fully saturated rings. The molecule has 0 radical (unpaired) electrons. The summed E-state index contributed by atoms with van der Waals surface area (Å²) in [7, 11) is 0. The van der Waals surface area contributed by atoms with E-state index >= 15 is 0 Å². The Kier molecular flexibility index (Phi) is 3.22. The van der Waals surface area contributed by atoms with Crippen LogP contribution in [0.15, 0.2) is 29.4 Å². The SMILES string of the molecule is C=C(C[C@]1(C)CCC(C)(C)CC1=O)c1ccco1. The molecule has 0 amide bonds. The van der Waals surface area contributed by atoms with Crippen molar-refractivity contribution in [1.82, 2.24) is 0 Å². The smallest absolute Gasteiger partial charge is 0.139 e. The van der Waals surface area contributed by atoms with E-state index < -0.39 is 0 Å². The van der Waals surface area contributed by atoms with E-state index in [1.165, 1.54) is 0 Å². The zero-order valence-electron chi connectivity index (χ0n) is 11.6. The van der Waals surface area contributed by atoms with E-state index in [1.807, 2.05) is 12.1 Å². The van der Waals surface area contributed by atoms with Gasteiger partial charge in [-0.1, -0.05) is 27.4 Å². The summed E-state index contributed by atoms with van der Waals surface area (Å²) in [5.74, 6) is 1.17. The number of Topliss-reactive ketones (excluding diaryl/α,β-unsaturated/α-hetero) is 1. The van der Waals surface area contributed by atoms with Gasteiger partial charge in [0.05, 0.1) is 6.26 Å². The fraction of sp³-hybridized carbons (Fsp3) is 0.562. The van der Waals surface area contributed by atoms with Crippen LogP contribution in [0.2, 0.25) is 0 Å². The van der Waals surface area contributed by atoms with Crippen LogP contribution in [-0.2, 0) is 4.79 Å². The summed E-state index contributed by atoms with van der Waals surface area (Å²) in [6, 6.07) is 3.76. The van der Waals surface area contributed by atoms with E-state index in [-0.39, 0.29) is 10.8 Å². The maximum Gasteiger partial charge on any atom is 0.139 e. The number of carbonyl (C=O) groups excluding carboxylic acids is 1. The first-order valence-electron chi connectivity index (χ1n) is 6.57. The van der Waals surface area contributed by atoms with Crippen LogP contribution < -0.4 is 0 Å². The zero-order valence-corrected chi connectivity index (χ0v) is 11.6. The molecule has 0 N–H and O–H groups in total. The second kappa shape index (κ2) is 4.42. The van der Waals surface area contributed by atoms with Gasteiger partial charge in [0.2, 0.25) is 0 Å². The van der Waals surface area contributed by atoms with Gasteiger partial charge in [-0.2, -0.15) is 0 Å². The molecule has 1 aliphatic rings. The zero-order chi connectivity index (χ0) is 13.4. The Morgan fingerprint density at radius 1 is 1.39 bits per heavy atom. The predicted molar refractivity (Wildman–Crippen MR) is 73.1 cm³/mol. The molecule has 1 saturated carbocycles. The van der Waals surface area contributed by atoms with Crippen molar-refractivity contribution in [3.05, 3.63) is 30.7 Å². The maximum absolute atomic E-state index is 12.4. The molecule has 98 valence electrons. The summed E-state index contributed by atoms with van der Waals surface area (Å²) in [6.45, 7) is 10.5. The monoisotopic (exact) mass is 246 g/mol. The standard InChI is InChI=1S/C16H22O2/c1-12(13-6-5-9-18-13)10-16(4)8-7-15(2,3)11-14(16)17/h5-6,9H,1,7-8,10-11H2,2-4H3/t16-/m0/s1. The van der Waals surface area contributed by atoms with Crippen LogP contribution in [0.25, 0.3) is 5.57 Å². The fourth-order valence-corrected chi connectivity index (χ4v) is 2.71. The van der Waals surface area contributed by atoms with Gasteiger partial charge >= 0.3 is 0 Å². The lowest BCUT2D eigenvalue weighted by Crippen LogP contribution is -2.38. The summed E-state index contributed by atoms with van der Waals surface area (Å²) < 4.78 is 5.35. The Labute approximate surface area is 109 Å². The van der Waals surface area contributed by atoms with Crippen LogP contribution in [0.5, 0.6) is 0 Å². The third-order valence-electron chi connectivity index (χ3n) is 4.14. The van der Waals surface area contributed by atoms with Crippen LogP contribution in [0, 0.1) is 10.8 Å². The molecular weight excluding hydrogens is 224 g/mol. The average Bonchev–Trinajstić information content (AvgIpc) is 2.77. The van der Waals surface area contributed by atoms with E-state index in [1.54, 1.807) is 6.26 Å². The third kappa shape index (κ3) is 2.58. The molecule has 0 unspecified atom stereocenters. The Balaban J connectivity index is 2.09. The molecular formula is C16H22O2. The van der Waals surface area contributed by atoms with Gasteiger partial charge in [0.1, 0.15) is 11.5 Å². The summed E-state index contributed by atoms with van der Waals surface area (Å²) in [6.07, 6.45) is 5.07. The summed E-state index contributed by atoms with van der Waals surface area (Å²) in [4.78, 5) is 12.4. The third-order valence-corrected chi connectivity index (χ3v) is 4.14. The molecule has 1 aliphatic carbocycles. The number of ketones is 1. The van der Waals surface area contributed by atoms with E-state index in [0.717, 1.165) is 24.2 Å². The molecule has 18 heavy (non-hydrogen) atoms. The van der Waals surface area contributed by atoms with Crippen molar-refractivity contribution in [2.24, 2.45) is 10.8 Å². The highest BCUT2D eigenvalue weighted by atomic mass is 16.3. The Morgan fingerprint density at radius 2 is 2.11 bits per heavy atom. The summed E-state index contributed by atoms with van der Waals surface area (Å²) in [5, 5.41) is 0. The maximum atomic E-state index is 12.4. The second-order valence-corrected chi connectivity index (χ2v) is 6.58. The molecule has 1 atom stereocenters. The van der Waals surface area contributed by atoms with Gasteiger partial charge in [0.15, 0.2) is 0 Å². The van der Waals surface area contributed by atoms with Gasteiger partial charge in [0.25, 0.3) is 0 Å². The summed E-state index contributed by atoms with van der Waals surface area (Å²) >= 11 is 0. The molecule has 2 nitrogen and oxygen atoms in total. The number of hydrogen-bond donors (Lipinski definition) is 0. The first-order valence-corrected chi connectivity index (χ1v) is 6.57. The van der Waals surface area contributed by atoms with E-state index in [2.05, 4.69) is 27.4 Å². The van der Waals surface area contributed by atoms with Gasteiger partial charge < -0.3 is 4.42 Å². The molecule has 1 heterocycles. The minimum atomic E-state index is -0.264. The molecule has 2 heteroatoms. The summed E-state index contributed by atoms with van der Waals surface area (Å²) in [5.41, 5.74) is 0.817. The fourth-order valence-electron chi connectivity index (χ4n) is 2.71. The lowest BCUT2D eigenvalue weighted by atomic mass is 9.63. The molecule has 0 bridgehead atoms. The van der Waals surface area contributed by atoms with Gasteiger partial charge in [-0.05, 0) is 42.4 Å². The van der Waals surface area contributed by atoms with E-state index in [4.69, 9.17) is 4.42 Å². The highest BCUT2D eigenvalue weighted by Crippen LogP contribution is 2.46. The van der Waals surface area contributed by atoms with Crippen molar-refractivity contribution in [2.45, 2.75) is 46.5 Å². The molecule has 0 spiro atoms. The molecule has 2 rings (SSSR count). The number of rotatable bonds is 3. The number of carbonyl (C=O) groups is 1. The largest absolute Gasteiger partial charge is 0.465 e. The molecule has 1 aromatic heterocycles. The number of hydrogen-bond acceptors (Lipinski definition) is 2. The Hall–Kier alpha value is -1.31. The molecule has 0 saturated heterocycles. The normalized spacial score (nSPS) is 27.2. The number of furan rings is 1. The Morgan fingerprint density at radius 3 is 2.67 bits per heavy atom. The van der Waals surface area contributed by atoms with Crippen molar-refractivity contribution < 1.29 is 9.21 Å². The lowest BCUT2D eigenvalue weighted by Gasteiger charge is -2.40. The minimum Gasteiger partial charge on any atom is -0.465 e. The van der Waals surface area contributed by atoms with Gasteiger partial charge in [0, 0.05) is 11.8 Å². The highest BCUT2D eigenvalue weighted by molar-refractivity contribution is 5.87. The molecule has 0 aliphatic heterocycles. The predicted octanol–water partition coefficient (Wildman–Crippen LogP) is 4.47. The highest BCUT2D eigenvalue weighted by Gasteiger charge is 2.42. The molecule has 0 aromatic carbocycles. The van der Waals surface area contributed by atoms with Crippen LogP contribution in [0.4, 0.5) is 0 Å². The van der Waals surface area contributed by atoms with Gasteiger partial charge in [-0.15, -0.1) is 0 Å². The van der Waals surface area contributed by atoms with Gasteiger partial charge in [-0.3, -0.25) is 4.79 Å². The van der Waals surface area contributed by atoms with Crippen molar-refractivity contribution in [1.29, 1.82) is 0 Å². The van der Waals surface area contributed by atoms with Crippen molar-refractivity contribution in [2.75, 3.05) is 0 Å². The molecule has 1 aromatic rings. The quantitative estimate of drug-likeness (QED) is 0.787.